The Labute approximate surface area is 122 Å². The minimum atomic E-state index is -0.191. The van der Waals surface area contributed by atoms with Gasteiger partial charge in [0.15, 0.2) is 0 Å². The smallest absolute Gasteiger partial charge is 0.305 e. The molecule has 0 bridgehead atoms. The van der Waals surface area contributed by atoms with E-state index in [4.69, 9.17) is 0 Å². The summed E-state index contributed by atoms with van der Waals surface area (Å²) < 4.78 is 4.60. The molecule has 116 valence electrons. The van der Waals surface area contributed by atoms with Gasteiger partial charge in [-0.25, -0.2) is 0 Å². The van der Waals surface area contributed by atoms with E-state index in [1.165, 1.54) is 13.5 Å². The molecule has 0 aromatic carbocycles. The summed E-state index contributed by atoms with van der Waals surface area (Å²) >= 11 is 0. The van der Waals surface area contributed by atoms with E-state index < -0.39 is 0 Å². The Hall–Kier alpha value is -1.10. The number of methoxy groups -OCH3 is 1. The number of carbonyl (C=O) groups excluding carboxylic acids is 2. The molecule has 0 spiro atoms. The molecular weight excluding hydrogens is 256 g/mol. The maximum absolute atomic E-state index is 12.2. The third-order valence-electron chi connectivity index (χ3n) is 3.78. The van der Waals surface area contributed by atoms with Crippen LogP contribution in [0.1, 0.15) is 33.1 Å². The lowest BCUT2D eigenvalue weighted by Gasteiger charge is -2.35. The van der Waals surface area contributed by atoms with Crippen LogP contribution >= 0.6 is 0 Å². The van der Waals surface area contributed by atoms with Crippen molar-refractivity contribution >= 4 is 11.9 Å². The SMILES string of the molecule is COC(=O)CCCN(C)CC(=O)N1CC(C)CC(C)C1. The summed E-state index contributed by atoms with van der Waals surface area (Å²) in [5.41, 5.74) is 0. The van der Waals surface area contributed by atoms with Crippen molar-refractivity contribution in [2.24, 2.45) is 11.8 Å². The lowest BCUT2D eigenvalue weighted by molar-refractivity contribution is -0.140. The summed E-state index contributed by atoms with van der Waals surface area (Å²) in [5, 5.41) is 0. The lowest BCUT2D eigenvalue weighted by Crippen LogP contribution is -2.46. The highest BCUT2D eigenvalue weighted by molar-refractivity contribution is 5.78. The molecule has 0 aliphatic carbocycles. The van der Waals surface area contributed by atoms with Crippen LogP contribution in [0, 0.1) is 11.8 Å². The van der Waals surface area contributed by atoms with Crippen LogP contribution in [0.3, 0.4) is 0 Å². The molecular formula is C15H28N2O3. The minimum Gasteiger partial charge on any atom is -0.469 e. The van der Waals surface area contributed by atoms with Gasteiger partial charge in [0, 0.05) is 19.5 Å². The average molecular weight is 284 g/mol. The van der Waals surface area contributed by atoms with Gasteiger partial charge in [0.1, 0.15) is 0 Å². The van der Waals surface area contributed by atoms with E-state index in [-0.39, 0.29) is 11.9 Å². The maximum atomic E-state index is 12.2. The van der Waals surface area contributed by atoms with Gasteiger partial charge in [-0.2, -0.15) is 0 Å². The summed E-state index contributed by atoms with van der Waals surface area (Å²) in [6.07, 6.45) is 2.34. The topological polar surface area (TPSA) is 49.9 Å². The first-order chi connectivity index (χ1) is 9.42. The number of likely N-dealkylation sites (N-methyl/N-ethyl adjacent to an activating group) is 1. The number of likely N-dealkylation sites (tertiary alicyclic amines) is 1. The van der Waals surface area contributed by atoms with Gasteiger partial charge in [0.05, 0.1) is 13.7 Å². The van der Waals surface area contributed by atoms with E-state index in [0.29, 0.717) is 24.8 Å². The van der Waals surface area contributed by atoms with Crippen molar-refractivity contribution in [2.45, 2.75) is 33.1 Å². The molecule has 1 aliphatic rings. The number of esters is 1. The average Bonchev–Trinajstić information content (AvgIpc) is 2.37. The highest BCUT2D eigenvalue weighted by Crippen LogP contribution is 2.20. The van der Waals surface area contributed by atoms with Crippen molar-refractivity contribution in [2.75, 3.05) is 40.3 Å². The molecule has 0 saturated carbocycles. The van der Waals surface area contributed by atoms with E-state index in [0.717, 1.165) is 26.1 Å². The molecule has 20 heavy (non-hydrogen) atoms. The summed E-state index contributed by atoms with van der Waals surface area (Å²) in [6, 6.07) is 0. The van der Waals surface area contributed by atoms with Crippen LogP contribution in [-0.2, 0) is 14.3 Å². The van der Waals surface area contributed by atoms with Crippen LogP contribution in [0.4, 0.5) is 0 Å². The van der Waals surface area contributed by atoms with Gasteiger partial charge in [0.25, 0.3) is 0 Å². The molecule has 2 unspecified atom stereocenters. The second-order valence-corrected chi connectivity index (χ2v) is 6.16. The highest BCUT2D eigenvalue weighted by atomic mass is 16.5. The van der Waals surface area contributed by atoms with Gasteiger partial charge in [0.2, 0.25) is 5.91 Å². The summed E-state index contributed by atoms with van der Waals surface area (Å²) in [7, 11) is 3.32. The fourth-order valence-electron chi connectivity index (χ4n) is 2.87. The van der Waals surface area contributed by atoms with Gasteiger partial charge in [-0.15, -0.1) is 0 Å². The number of nitrogens with zero attached hydrogens (tertiary/aromatic N) is 2. The van der Waals surface area contributed by atoms with Crippen molar-refractivity contribution in [3.8, 4) is 0 Å². The van der Waals surface area contributed by atoms with E-state index in [9.17, 15) is 9.59 Å². The molecule has 5 nitrogen and oxygen atoms in total. The number of rotatable bonds is 6. The first-order valence-electron chi connectivity index (χ1n) is 7.45. The predicted octanol–water partition coefficient (Wildman–Crippen LogP) is 1.38. The van der Waals surface area contributed by atoms with Crippen LogP contribution < -0.4 is 0 Å². The Kier molecular flexibility index (Phi) is 6.99. The number of hydrogen-bond donors (Lipinski definition) is 0. The van der Waals surface area contributed by atoms with Crippen molar-refractivity contribution in [1.82, 2.24) is 9.80 Å². The summed E-state index contributed by atoms with van der Waals surface area (Å²) in [4.78, 5) is 27.2. The molecule has 0 aromatic rings. The molecule has 5 heteroatoms. The quantitative estimate of drug-likeness (QED) is 0.691. The molecule has 1 aliphatic heterocycles. The van der Waals surface area contributed by atoms with E-state index in [2.05, 4.69) is 18.6 Å². The fraction of sp³-hybridized carbons (Fsp3) is 0.867. The molecule has 1 rings (SSSR count). The zero-order valence-electron chi connectivity index (χ0n) is 13.2. The maximum Gasteiger partial charge on any atom is 0.305 e. The molecule has 0 aromatic heterocycles. The normalized spacial score (nSPS) is 22.9. The second kappa shape index (κ2) is 8.25. The van der Waals surface area contributed by atoms with Crippen molar-refractivity contribution in [1.29, 1.82) is 0 Å². The summed E-state index contributed by atoms with van der Waals surface area (Å²) in [6.45, 7) is 7.32. The van der Waals surface area contributed by atoms with Gasteiger partial charge in [-0.05, 0) is 38.3 Å². The van der Waals surface area contributed by atoms with Crippen molar-refractivity contribution in [3.05, 3.63) is 0 Å². The van der Waals surface area contributed by atoms with Crippen molar-refractivity contribution in [3.63, 3.8) is 0 Å². The second-order valence-electron chi connectivity index (χ2n) is 6.16. The first kappa shape index (κ1) is 17.0. The molecule has 0 N–H and O–H groups in total. The van der Waals surface area contributed by atoms with Crippen molar-refractivity contribution < 1.29 is 14.3 Å². The highest BCUT2D eigenvalue weighted by Gasteiger charge is 2.25. The minimum absolute atomic E-state index is 0.191. The van der Waals surface area contributed by atoms with Gasteiger partial charge < -0.3 is 9.64 Å². The van der Waals surface area contributed by atoms with E-state index in [1.54, 1.807) is 0 Å². The molecule has 2 atom stereocenters. The Bertz CT molecular complexity index is 323. The monoisotopic (exact) mass is 284 g/mol. The Morgan fingerprint density at radius 2 is 1.85 bits per heavy atom. The van der Waals surface area contributed by atoms with Crippen LogP contribution in [-0.4, -0.2) is 62.0 Å². The van der Waals surface area contributed by atoms with Crippen LogP contribution in [0.5, 0.6) is 0 Å². The number of carbonyl (C=O) groups is 2. The van der Waals surface area contributed by atoms with Crippen LogP contribution in [0.2, 0.25) is 0 Å². The number of amides is 1. The largest absolute Gasteiger partial charge is 0.469 e. The van der Waals surface area contributed by atoms with Crippen LogP contribution in [0.15, 0.2) is 0 Å². The lowest BCUT2D eigenvalue weighted by atomic mass is 9.92. The third-order valence-corrected chi connectivity index (χ3v) is 3.78. The molecule has 1 fully saturated rings. The van der Waals surface area contributed by atoms with Gasteiger partial charge >= 0.3 is 5.97 Å². The Morgan fingerprint density at radius 3 is 2.40 bits per heavy atom. The van der Waals surface area contributed by atoms with Crippen LogP contribution in [0.25, 0.3) is 0 Å². The third kappa shape index (κ3) is 5.90. The Morgan fingerprint density at radius 1 is 1.25 bits per heavy atom. The Balaban J connectivity index is 2.28. The van der Waals surface area contributed by atoms with E-state index in [1.807, 2.05) is 16.8 Å². The van der Waals surface area contributed by atoms with E-state index >= 15 is 0 Å². The first-order valence-corrected chi connectivity index (χ1v) is 7.45. The number of piperidine rings is 1. The summed E-state index contributed by atoms with van der Waals surface area (Å²) in [5.74, 6) is 1.19. The predicted molar refractivity (Wildman–Crippen MR) is 78.3 cm³/mol. The molecule has 1 saturated heterocycles. The zero-order valence-corrected chi connectivity index (χ0v) is 13.2. The fourth-order valence-corrected chi connectivity index (χ4v) is 2.87. The number of ether oxygens (including phenoxy) is 1. The van der Waals surface area contributed by atoms with Gasteiger partial charge in [-0.3, -0.25) is 14.5 Å². The standard InChI is InChI=1S/C15H28N2O3/c1-12-8-13(2)10-17(9-12)14(18)11-16(3)7-5-6-15(19)20-4/h12-13H,5-11H2,1-4H3. The molecule has 1 heterocycles. The molecule has 1 amide bonds. The zero-order chi connectivity index (χ0) is 15.1. The van der Waals surface area contributed by atoms with Gasteiger partial charge in [-0.1, -0.05) is 13.8 Å². The number of hydrogen-bond acceptors (Lipinski definition) is 4. The molecule has 0 radical (unpaired) electrons.